The van der Waals surface area contributed by atoms with Crippen LogP contribution in [-0.2, 0) is 6.42 Å². The van der Waals surface area contributed by atoms with Gasteiger partial charge in [0.25, 0.3) is 0 Å². The van der Waals surface area contributed by atoms with E-state index in [0.717, 1.165) is 12.1 Å². The van der Waals surface area contributed by atoms with Crippen LogP contribution in [0.15, 0.2) is 60.8 Å². The molecular weight excluding hydrogens is 362 g/mol. The van der Waals surface area contributed by atoms with Crippen molar-refractivity contribution in [2.24, 2.45) is 0 Å². The molecular formula is C29H27N. The molecule has 1 saturated carbocycles. The summed E-state index contributed by atoms with van der Waals surface area (Å²) in [6.07, 6.45) is 5.78. The normalized spacial score (nSPS) is 14.9. The molecule has 1 aromatic heterocycles. The van der Waals surface area contributed by atoms with E-state index < -0.39 is 0 Å². The van der Waals surface area contributed by atoms with Crippen molar-refractivity contribution < 1.29 is 0 Å². The highest BCUT2D eigenvalue weighted by atomic mass is 14.7. The highest BCUT2D eigenvalue weighted by Gasteiger charge is 2.28. The van der Waals surface area contributed by atoms with Crippen molar-refractivity contribution in [1.82, 2.24) is 4.98 Å². The Hall–Kier alpha value is -2.93. The molecule has 0 saturated heterocycles. The van der Waals surface area contributed by atoms with Gasteiger partial charge in [-0.15, -0.1) is 0 Å². The molecule has 0 unspecified atom stereocenters. The highest BCUT2D eigenvalue weighted by molar-refractivity contribution is 5.99. The van der Waals surface area contributed by atoms with Crippen molar-refractivity contribution in [3.05, 3.63) is 88.6 Å². The Labute approximate surface area is 178 Å². The van der Waals surface area contributed by atoms with E-state index in [1.165, 1.54) is 68.1 Å². The third-order valence-electron chi connectivity index (χ3n) is 6.95. The fourth-order valence-corrected chi connectivity index (χ4v) is 5.16. The molecule has 30 heavy (non-hydrogen) atoms. The van der Waals surface area contributed by atoms with E-state index in [9.17, 15) is 0 Å². The number of aromatic nitrogens is 1. The summed E-state index contributed by atoms with van der Waals surface area (Å²) in [5.41, 5.74) is 12.3. The van der Waals surface area contributed by atoms with Gasteiger partial charge < -0.3 is 0 Å². The van der Waals surface area contributed by atoms with E-state index in [1.807, 2.05) is 0 Å². The first-order valence-corrected chi connectivity index (χ1v) is 11.2. The second-order valence-electron chi connectivity index (χ2n) is 9.47. The standard InChI is InChI=1S/C29H27N/c1-17(2)20-10-11-23-25(14-20)28(19-8-9-19)16-30-29(23)27-13-18(3)12-24-22-7-5-4-6-21(22)15-26(24)27/h4-7,10-14,16-17,19H,8-9,15H2,1-3H3. The minimum absolute atomic E-state index is 0.538. The summed E-state index contributed by atoms with van der Waals surface area (Å²) in [7, 11) is 0. The number of hydrogen-bond acceptors (Lipinski definition) is 1. The largest absolute Gasteiger partial charge is 0.255 e. The van der Waals surface area contributed by atoms with Gasteiger partial charge in [-0.05, 0) is 88.4 Å². The SMILES string of the molecule is Cc1cc2c(c(-c3ncc(C4CC4)c4cc(C(C)C)ccc34)c1)Cc1ccccc1-2. The lowest BCUT2D eigenvalue weighted by atomic mass is 9.90. The van der Waals surface area contributed by atoms with Crippen LogP contribution in [0.5, 0.6) is 0 Å². The summed E-state index contributed by atoms with van der Waals surface area (Å²) < 4.78 is 0. The van der Waals surface area contributed by atoms with Crippen molar-refractivity contribution >= 4 is 10.8 Å². The molecule has 148 valence electrons. The van der Waals surface area contributed by atoms with E-state index in [1.54, 1.807) is 0 Å². The Balaban J connectivity index is 1.62. The van der Waals surface area contributed by atoms with Crippen LogP contribution in [0.4, 0.5) is 0 Å². The van der Waals surface area contributed by atoms with E-state index in [2.05, 4.69) is 81.6 Å². The first-order chi connectivity index (χ1) is 14.6. The zero-order valence-electron chi connectivity index (χ0n) is 18.0. The van der Waals surface area contributed by atoms with Gasteiger partial charge >= 0.3 is 0 Å². The molecule has 0 aliphatic heterocycles. The monoisotopic (exact) mass is 389 g/mol. The zero-order chi connectivity index (χ0) is 20.4. The van der Waals surface area contributed by atoms with Crippen molar-refractivity contribution in [2.75, 3.05) is 0 Å². The van der Waals surface area contributed by atoms with E-state index in [-0.39, 0.29) is 0 Å². The number of benzene rings is 3. The molecule has 1 heterocycles. The van der Waals surface area contributed by atoms with Gasteiger partial charge in [0.2, 0.25) is 0 Å². The fraction of sp³-hybridized carbons (Fsp3) is 0.276. The van der Waals surface area contributed by atoms with Gasteiger partial charge in [-0.1, -0.05) is 62.4 Å². The smallest absolute Gasteiger partial charge is 0.0783 e. The second kappa shape index (κ2) is 6.54. The lowest BCUT2D eigenvalue weighted by molar-refractivity contribution is 0.868. The van der Waals surface area contributed by atoms with Gasteiger partial charge in [0.15, 0.2) is 0 Å². The Morgan fingerprint density at radius 1 is 0.867 bits per heavy atom. The van der Waals surface area contributed by atoms with Gasteiger partial charge in [-0.3, -0.25) is 4.98 Å². The van der Waals surface area contributed by atoms with E-state index >= 15 is 0 Å². The van der Waals surface area contributed by atoms with Gasteiger partial charge in [-0.2, -0.15) is 0 Å². The molecule has 1 heteroatoms. The zero-order valence-corrected chi connectivity index (χ0v) is 18.0. The maximum Gasteiger partial charge on any atom is 0.0783 e. The lowest BCUT2D eigenvalue weighted by Crippen LogP contribution is -1.97. The Kier molecular flexibility index (Phi) is 3.90. The fourth-order valence-electron chi connectivity index (χ4n) is 5.16. The molecule has 0 N–H and O–H groups in total. The summed E-state index contributed by atoms with van der Waals surface area (Å²) in [5, 5.41) is 2.73. The molecule has 2 aliphatic rings. The maximum absolute atomic E-state index is 5.09. The summed E-state index contributed by atoms with van der Waals surface area (Å²) in [6, 6.07) is 20.6. The quantitative estimate of drug-likeness (QED) is 0.307. The van der Waals surface area contributed by atoms with Crippen molar-refractivity contribution in [2.45, 2.75) is 51.9 Å². The molecule has 0 radical (unpaired) electrons. The number of aryl methyl sites for hydroxylation is 1. The van der Waals surface area contributed by atoms with E-state index in [4.69, 9.17) is 4.98 Å². The highest BCUT2D eigenvalue weighted by Crippen LogP contribution is 2.47. The first-order valence-electron chi connectivity index (χ1n) is 11.2. The minimum Gasteiger partial charge on any atom is -0.255 e. The Bertz CT molecular complexity index is 1310. The minimum atomic E-state index is 0.538. The Morgan fingerprint density at radius 3 is 2.47 bits per heavy atom. The first kappa shape index (κ1) is 17.9. The molecule has 1 fully saturated rings. The lowest BCUT2D eigenvalue weighted by Gasteiger charge is -2.16. The summed E-state index contributed by atoms with van der Waals surface area (Å²) in [6.45, 7) is 6.78. The third-order valence-corrected chi connectivity index (χ3v) is 6.95. The van der Waals surface area contributed by atoms with Crippen LogP contribution >= 0.6 is 0 Å². The molecule has 0 bridgehead atoms. The molecule has 0 amide bonds. The van der Waals surface area contributed by atoms with Crippen LogP contribution in [-0.4, -0.2) is 4.98 Å². The van der Waals surface area contributed by atoms with Crippen molar-refractivity contribution in [3.63, 3.8) is 0 Å². The van der Waals surface area contributed by atoms with Crippen LogP contribution in [0.25, 0.3) is 33.2 Å². The number of rotatable bonds is 3. The topological polar surface area (TPSA) is 12.9 Å². The van der Waals surface area contributed by atoms with E-state index in [0.29, 0.717) is 11.8 Å². The van der Waals surface area contributed by atoms with Crippen molar-refractivity contribution in [1.29, 1.82) is 0 Å². The Morgan fingerprint density at radius 2 is 1.67 bits per heavy atom. The van der Waals surface area contributed by atoms with Crippen LogP contribution < -0.4 is 0 Å². The molecule has 0 spiro atoms. The predicted molar refractivity (Wildman–Crippen MR) is 126 cm³/mol. The molecule has 4 aromatic rings. The van der Waals surface area contributed by atoms with Crippen LogP contribution in [0.1, 0.15) is 66.3 Å². The molecule has 6 rings (SSSR count). The number of hydrogen-bond donors (Lipinski definition) is 0. The molecule has 2 aliphatic carbocycles. The summed E-state index contributed by atoms with van der Waals surface area (Å²) in [5.74, 6) is 1.24. The second-order valence-corrected chi connectivity index (χ2v) is 9.47. The average Bonchev–Trinajstić information content (AvgIpc) is 3.53. The van der Waals surface area contributed by atoms with Gasteiger partial charge in [-0.25, -0.2) is 0 Å². The number of nitrogens with zero attached hydrogens (tertiary/aromatic N) is 1. The number of pyridine rings is 1. The van der Waals surface area contributed by atoms with Gasteiger partial charge in [0, 0.05) is 17.1 Å². The molecule has 1 nitrogen and oxygen atoms in total. The predicted octanol–water partition coefficient (Wildman–Crippen LogP) is 7.78. The summed E-state index contributed by atoms with van der Waals surface area (Å²) in [4.78, 5) is 5.09. The van der Waals surface area contributed by atoms with Gasteiger partial charge in [0.05, 0.1) is 5.69 Å². The molecule has 0 atom stereocenters. The maximum atomic E-state index is 5.09. The number of fused-ring (bicyclic) bond motifs is 4. The van der Waals surface area contributed by atoms with Gasteiger partial charge in [0.1, 0.15) is 0 Å². The summed E-state index contributed by atoms with van der Waals surface area (Å²) >= 11 is 0. The van der Waals surface area contributed by atoms with Crippen LogP contribution in [0.3, 0.4) is 0 Å². The van der Waals surface area contributed by atoms with Crippen LogP contribution in [0, 0.1) is 6.92 Å². The molecule has 3 aromatic carbocycles. The van der Waals surface area contributed by atoms with Crippen LogP contribution in [0.2, 0.25) is 0 Å². The third kappa shape index (κ3) is 2.72. The van der Waals surface area contributed by atoms with Crippen molar-refractivity contribution in [3.8, 4) is 22.4 Å². The average molecular weight is 390 g/mol.